The molecule has 4 rings (SSSR count). The third-order valence-electron chi connectivity index (χ3n) is 5.53. The normalized spacial score (nSPS) is 11.9. The summed E-state index contributed by atoms with van der Waals surface area (Å²) >= 11 is 0. The summed E-state index contributed by atoms with van der Waals surface area (Å²) in [5, 5.41) is 4.08. The van der Waals surface area contributed by atoms with Crippen LogP contribution in [0.4, 0.5) is 0 Å². The molecule has 1 aliphatic rings. The van der Waals surface area contributed by atoms with Crippen molar-refractivity contribution < 1.29 is 28.5 Å². The number of amides is 1. The van der Waals surface area contributed by atoms with Crippen LogP contribution in [0.2, 0.25) is 0 Å². The van der Waals surface area contributed by atoms with Gasteiger partial charge in [-0.3, -0.25) is 4.79 Å². The molecule has 0 saturated heterocycles. The van der Waals surface area contributed by atoms with Crippen LogP contribution in [0.1, 0.15) is 36.5 Å². The van der Waals surface area contributed by atoms with Crippen LogP contribution >= 0.6 is 0 Å². The van der Waals surface area contributed by atoms with Crippen LogP contribution < -0.4 is 29.1 Å². The molecule has 0 radical (unpaired) electrons. The van der Waals surface area contributed by atoms with Crippen molar-refractivity contribution in [3.63, 3.8) is 0 Å². The van der Waals surface area contributed by atoms with Crippen LogP contribution in [0.5, 0.6) is 28.7 Å². The highest BCUT2D eigenvalue weighted by Gasteiger charge is 2.14. The summed E-state index contributed by atoms with van der Waals surface area (Å²) in [6, 6.07) is 19.1. The Morgan fingerprint density at radius 3 is 2.58 bits per heavy atom. The molecule has 8 nitrogen and oxygen atoms in total. The lowest BCUT2D eigenvalue weighted by Gasteiger charge is -2.13. The van der Waals surface area contributed by atoms with Gasteiger partial charge in [0.1, 0.15) is 12.4 Å². The van der Waals surface area contributed by atoms with Crippen molar-refractivity contribution in [2.75, 3.05) is 20.5 Å². The number of aryl methyl sites for hydroxylation is 1. The van der Waals surface area contributed by atoms with Crippen molar-refractivity contribution >= 4 is 12.1 Å². The van der Waals surface area contributed by atoms with Crippen LogP contribution in [0, 0.1) is 0 Å². The minimum atomic E-state index is -0.131. The van der Waals surface area contributed by atoms with Gasteiger partial charge >= 0.3 is 0 Å². The van der Waals surface area contributed by atoms with Gasteiger partial charge in [0, 0.05) is 6.42 Å². The average molecular weight is 491 g/mol. The van der Waals surface area contributed by atoms with Gasteiger partial charge in [-0.1, -0.05) is 18.2 Å². The minimum Gasteiger partial charge on any atom is -0.497 e. The summed E-state index contributed by atoms with van der Waals surface area (Å²) in [5.74, 6) is 3.37. The van der Waals surface area contributed by atoms with E-state index >= 15 is 0 Å². The monoisotopic (exact) mass is 490 g/mol. The van der Waals surface area contributed by atoms with Gasteiger partial charge in [-0.05, 0) is 78.9 Å². The van der Waals surface area contributed by atoms with Gasteiger partial charge in [-0.25, -0.2) is 5.43 Å². The molecule has 8 heteroatoms. The number of fused-ring (bicyclic) bond motifs is 1. The molecular weight excluding hydrogens is 460 g/mol. The fourth-order valence-corrected chi connectivity index (χ4v) is 3.66. The topological polar surface area (TPSA) is 87.6 Å². The predicted octanol–water partition coefficient (Wildman–Crippen LogP) is 4.87. The molecule has 3 aromatic rings. The number of hydrazone groups is 1. The Kier molecular flexibility index (Phi) is 8.64. The lowest BCUT2D eigenvalue weighted by Crippen LogP contribution is -2.17. The van der Waals surface area contributed by atoms with Crippen LogP contribution in [-0.4, -0.2) is 32.6 Å². The predicted molar refractivity (Wildman–Crippen MR) is 136 cm³/mol. The average Bonchev–Trinajstić information content (AvgIpc) is 3.37. The van der Waals surface area contributed by atoms with E-state index in [1.807, 2.05) is 67.6 Å². The number of carbonyl (C=O) groups is 1. The van der Waals surface area contributed by atoms with E-state index in [-0.39, 0.29) is 12.7 Å². The number of carbonyl (C=O) groups excluding carboxylic acids is 1. The molecule has 1 amide bonds. The highest BCUT2D eigenvalue weighted by atomic mass is 16.7. The molecule has 0 atom stereocenters. The highest BCUT2D eigenvalue weighted by molar-refractivity contribution is 5.83. The molecule has 1 aliphatic heterocycles. The summed E-state index contributed by atoms with van der Waals surface area (Å²) < 4.78 is 27.7. The van der Waals surface area contributed by atoms with E-state index in [0.717, 1.165) is 46.8 Å². The van der Waals surface area contributed by atoms with E-state index in [1.54, 1.807) is 13.3 Å². The van der Waals surface area contributed by atoms with Gasteiger partial charge in [-0.15, -0.1) is 0 Å². The molecule has 0 saturated carbocycles. The van der Waals surface area contributed by atoms with E-state index in [4.69, 9.17) is 23.7 Å². The van der Waals surface area contributed by atoms with E-state index in [9.17, 15) is 4.79 Å². The SMILES string of the molecule is CCOc1cc(C=NNC(=O)CCCc2ccc(OC)cc2)ccc1OCc1ccc2c(c1)OCO2. The number of hydrogen-bond donors (Lipinski definition) is 1. The van der Waals surface area contributed by atoms with Crippen LogP contribution in [-0.2, 0) is 17.8 Å². The molecule has 0 aromatic heterocycles. The maximum atomic E-state index is 12.1. The van der Waals surface area contributed by atoms with Crippen LogP contribution in [0.15, 0.2) is 65.8 Å². The van der Waals surface area contributed by atoms with Gasteiger partial charge < -0.3 is 23.7 Å². The van der Waals surface area contributed by atoms with E-state index in [0.29, 0.717) is 31.1 Å². The van der Waals surface area contributed by atoms with Crippen molar-refractivity contribution in [1.82, 2.24) is 5.43 Å². The molecule has 0 bridgehead atoms. The Morgan fingerprint density at radius 2 is 1.78 bits per heavy atom. The number of nitrogens with one attached hydrogen (secondary N) is 1. The second-order valence-electron chi connectivity index (χ2n) is 8.11. The van der Waals surface area contributed by atoms with E-state index in [2.05, 4.69) is 10.5 Å². The molecule has 1 N–H and O–H groups in total. The van der Waals surface area contributed by atoms with E-state index in [1.165, 1.54) is 0 Å². The number of methoxy groups -OCH3 is 1. The zero-order chi connectivity index (χ0) is 25.2. The Morgan fingerprint density at radius 1 is 0.972 bits per heavy atom. The van der Waals surface area contributed by atoms with Gasteiger partial charge in [0.05, 0.1) is 19.9 Å². The summed E-state index contributed by atoms with van der Waals surface area (Å²) in [4.78, 5) is 12.1. The molecule has 0 fully saturated rings. The first-order valence-corrected chi connectivity index (χ1v) is 11.9. The summed E-state index contributed by atoms with van der Waals surface area (Å²) in [6.07, 6.45) is 3.52. The summed E-state index contributed by atoms with van der Waals surface area (Å²) in [5.41, 5.74) is 5.49. The number of benzene rings is 3. The van der Waals surface area contributed by atoms with Crippen LogP contribution in [0.3, 0.4) is 0 Å². The maximum absolute atomic E-state index is 12.1. The third kappa shape index (κ3) is 6.91. The first-order valence-electron chi connectivity index (χ1n) is 11.9. The van der Waals surface area contributed by atoms with Crippen molar-refractivity contribution in [3.8, 4) is 28.7 Å². The molecule has 36 heavy (non-hydrogen) atoms. The summed E-state index contributed by atoms with van der Waals surface area (Å²) in [7, 11) is 1.64. The molecular formula is C28H30N2O6. The molecule has 0 aliphatic carbocycles. The molecule has 1 heterocycles. The second-order valence-corrected chi connectivity index (χ2v) is 8.11. The van der Waals surface area contributed by atoms with Crippen molar-refractivity contribution in [1.29, 1.82) is 0 Å². The summed E-state index contributed by atoms with van der Waals surface area (Å²) in [6.45, 7) is 3.00. The minimum absolute atomic E-state index is 0.131. The first-order chi connectivity index (χ1) is 17.6. The Bertz CT molecular complexity index is 1190. The lowest BCUT2D eigenvalue weighted by atomic mass is 10.1. The quantitative estimate of drug-likeness (QED) is 0.288. The van der Waals surface area contributed by atoms with Gasteiger partial charge in [0.25, 0.3) is 0 Å². The lowest BCUT2D eigenvalue weighted by molar-refractivity contribution is -0.121. The smallest absolute Gasteiger partial charge is 0.240 e. The Labute approximate surface area is 210 Å². The molecule has 3 aromatic carbocycles. The van der Waals surface area contributed by atoms with Gasteiger partial charge in [0.2, 0.25) is 12.7 Å². The molecule has 0 unspecified atom stereocenters. The third-order valence-corrected chi connectivity index (χ3v) is 5.53. The Hall–Kier alpha value is -4.20. The fourth-order valence-electron chi connectivity index (χ4n) is 3.66. The highest BCUT2D eigenvalue weighted by Crippen LogP contribution is 2.34. The van der Waals surface area contributed by atoms with Gasteiger partial charge in [-0.2, -0.15) is 5.10 Å². The van der Waals surface area contributed by atoms with E-state index < -0.39 is 0 Å². The first kappa shape index (κ1) is 24.9. The number of hydrogen-bond acceptors (Lipinski definition) is 7. The van der Waals surface area contributed by atoms with Crippen molar-refractivity contribution in [3.05, 3.63) is 77.4 Å². The zero-order valence-corrected chi connectivity index (χ0v) is 20.5. The maximum Gasteiger partial charge on any atom is 0.240 e. The van der Waals surface area contributed by atoms with Crippen molar-refractivity contribution in [2.45, 2.75) is 32.8 Å². The number of nitrogens with zero attached hydrogens (tertiary/aromatic N) is 1. The van der Waals surface area contributed by atoms with Gasteiger partial charge in [0.15, 0.2) is 23.0 Å². The fraction of sp³-hybridized carbons (Fsp3) is 0.286. The molecule has 188 valence electrons. The standard InChI is InChI=1S/C28H30N2O6/c1-3-33-26-15-21(9-13-24(26)34-18-22-10-14-25-27(16-22)36-19-35-25)17-29-30-28(31)6-4-5-20-7-11-23(32-2)12-8-20/h7-17H,3-6,18-19H2,1-2H3,(H,30,31). The van der Waals surface area contributed by atoms with Crippen LogP contribution in [0.25, 0.3) is 0 Å². The number of rotatable bonds is 12. The zero-order valence-electron chi connectivity index (χ0n) is 20.5. The molecule has 0 spiro atoms. The largest absolute Gasteiger partial charge is 0.497 e. The Balaban J connectivity index is 1.26. The second kappa shape index (κ2) is 12.5. The number of ether oxygens (including phenoxy) is 5. The van der Waals surface area contributed by atoms with Crippen molar-refractivity contribution in [2.24, 2.45) is 5.10 Å².